The van der Waals surface area contributed by atoms with Gasteiger partial charge in [0.25, 0.3) is 0 Å². The molecule has 0 aliphatic carbocycles. The van der Waals surface area contributed by atoms with E-state index in [4.69, 9.17) is 4.74 Å². The summed E-state index contributed by atoms with van der Waals surface area (Å²) in [4.78, 5) is 12.4. The third-order valence-electron chi connectivity index (χ3n) is 5.16. The summed E-state index contributed by atoms with van der Waals surface area (Å²) in [5.41, 5.74) is 0.442. The van der Waals surface area contributed by atoms with Crippen molar-refractivity contribution in [1.82, 2.24) is 15.0 Å². The van der Waals surface area contributed by atoms with E-state index in [0.717, 1.165) is 18.4 Å². The van der Waals surface area contributed by atoms with E-state index in [0.29, 0.717) is 39.4 Å². The van der Waals surface area contributed by atoms with Crippen LogP contribution < -0.4 is 10.1 Å². The normalized spacial score (nSPS) is 12.1. The Morgan fingerprint density at radius 3 is 2.35 bits per heavy atom. The molecule has 11 heteroatoms. The van der Waals surface area contributed by atoms with E-state index >= 15 is 0 Å². The highest BCUT2D eigenvalue weighted by atomic mass is 32.2. The molecule has 0 bridgehead atoms. The molecule has 7 nitrogen and oxygen atoms in total. The molecule has 0 aliphatic heterocycles. The van der Waals surface area contributed by atoms with E-state index in [1.807, 2.05) is 0 Å². The molecule has 0 unspecified atom stereocenters. The standard InChI is InChI=1S/C23H19F3N4O3S/c1-27-22-16-9-15(13-6-7-19(34(3,31)32)17(10-13)23(24,25)26)11-18(33-2)20(16)29-21(30-22)14-5-4-8-28-12-14/h4-12H,1-3H3,(H,27,29,30). The fourth-order valence-electron chi connectivity index (χ4n) is 3.59. The fourth-order valence-corrected chi connectivity index (χ4v) is 4.48. The molecule has 0 aliphatic rings. The molecule has 0 fully saturated rings. The van der Waals surface area contributed by atoms with Gasteiger partial charge in [-0.15, -0.1) is 0 Å². The SMILES string of the molecule is CNc1nc(-c2cccnc2)nc2c(OC)cc(-c3ccc(S(C)(=O)=O)c(C(F)(F)F)c3)cc12. The molecule has 0 amide bonds. The third-order valence-corrected chi connectivity index (χ3v) is 6.31. The van der Waals surface area contributed by atoms with Gasteiger partial charge in [0.15, 0.2) is 15.7 Å². The molecule has 0 saturated carbocycles. The number of pyridine rings is 1. The van der Waals surface area contributed by atoms with Gasteiger partial charge in [0.2, 0.25) is 0 Å². The maximum atomic E-state index is 13.7. The van der Waals surface area contributed by atoms with E-state index in [-0.39, 0.29) is 5.56 Å². The number of benzene rings is 2. The van der Waals surface area contributed by atoms with E-state index in [9.17, 15) is 21.6 Å². The fraction of sp³-hybridized carbons (Fsp3) is 0.174. The van der Waals surface area contributed by atoms with Gasteiger partial charge in [-0.3, -0.25) is 4.98 Å². The predicted molar refractivity (Wildman–Crippen MR) is 122 cm³/mol. The number of halogens is 3. The van der Waals surface area contributed by atoms with Crippen molar-refractivity contribution >= 4 is 26.6 Å². The zero-order chi connectivity index (χ0) is 24.7. The van der Waals surface area contributed by atoms with Gasteiger partial charge in [0, 0.05) is 36.6 Å². The topological polar surface area (TPSA) is 94.1 Å². The molecule has 4 rings (SSSR count). The Bertz CT molecular complexity index is 1490. The average molecular weight is 488 g/mol. The van der Waals surface area contributed by atoms with Crippen molar-refractivity contribution in [3.8, 4) is 28.3 Å². The number of nitrogens with zero attached hydrogens (tertiary/aromatic N) is 3. The monoisotopic (exact) mass is 488 g/mol. The van der Waals surface area contributed by atoms with Gasteiger partial charge in [0.05, 0.1) is 17.6 Å². The number of rotatable bonds is 5. The summed E-state index contributed by atoms with van der Waals surface area (Å²) in [5, 5.41) is 3.51. The highest BCUT2D eigenvalue weighted by Gasteiger charge is 2.36. The van der Waals surface area contributed by atoms with E-state index in [2.05, 4.69) is 20.3 Å². The predicted octanol–water partition coefficient (Wildman–Crippen LogP) is 4.83. The van der Waals surface area contributed by atoms with Gasteiger partial charge in [-0.2, -0.15) is 13.2 Å². The first-order valence-corrected chi connectivity index (χ1v) is 11.8. The van der Waals surface area contributed by atoms with E-state index in [1.165, 1.54) is 13.2 Å². The van der Waals surface area contributed by atoms with Crippen LogP contribution in [0, 0.1) is 0 Å². The van der Waals surface area contributed by atoms with Gasteiger partial charge in [-0.05, 0) is 47.5 Å². The maximum absolute atomic E-state index is 13.7. The van der Waals surface area contributed by atoms with Crippen molar-refractivity contribution in [3.63, 3.8) is 0 Å². The van der Waals surface area contributed by atoms with Crippen molar-refractivity contribution in [2.24, 2.45) is 0 Å². The Labute approximate surface area is 193 Å². The minimum atomic E-state index is -4.85. The summed E-state index contributed by atoms with van der Waals surface area (Å²) in [6.07, 6.45) is -0.871. The van der Waals surface area contributed by atoms with Crippen LogP contribution in [0.4, 0.5) is 19.0 Å². The first-order chi connectivity index (χ1) is 16.0. The molecular weight excluding hydrogens is 469 g/mol. The summed E-state index contributed by atoms with van der Waals surface area (Å²) in [6.45, 7) is 0. The Balaban J connectivity index is 1.96. The van der Waals surface area contributed by atoms with Crippen LogP contribution in [0.2, 0.25) is 0 Å². The van der Waals surface area contributed by atoms with Gasteiger partial charge in [-0.25, -0.2) is 18.4 Å². The number of aromatic nitrogens is 3. The average Bonchev–Trinajstić information content (AvgIpc) is 2.81. The summed E-state index contributed by atoms with van der Waals surface area (Å²) in [6, 6.07) is 9.85. The van der Waals surface area contributed by atoms with Gasteiger partial charge >= 0.3 is 6.18 Å². The first-order valence-electron chi connectivity index (χ1n) is 9.92. The quantitative estimate of drug-likeness (QED) is 0.430. The zero-order valence-corrected chi connectivity index (χ0v) is 19.1. The molecule has 2 aromatic heterocycles. The number of hydrogen-bond donors (Lipinski definition) is 1. The van der Waals surface area contributed by atoms with Crippen molar-refractivity contribution in [2.75, 3.05) is 25.7 Å². The molecule has 0 atom stereocenters. The smallest absolute Gasteiger partial charge is 0.417 e. The van der Waals surface area contributed by atoms with Crippen molar-refractivity contribution in [2.45, 2.75) is 11.1 Å². The van der Waals surface area contributed by atoms with Gasteiger partial charge in [0.1, 0.15) is 17.1 Å². The Hall–Kier alpha value is -3.73. The van der Waals surface area contributed by atoms with Crippen molar-refractivity contribution < 1.29 is 26.3 Å². The van der Waals surface area contributed by atoms with Crippen LogP contribution in [0.15, 0.2) is 59.8 Å². The zero-order valence-electron chi connectivity index (χ0n) is 18.3. The van der Waals surface area contributed by atoms with Crippen LogP contribution in [-0.4, -0.2) is 43.8 Å². The lowest BCUT2D eigenvalue weighted by atomic mass is 10.00. The second-order valence-corrected chi connectivity index (χ2v) is 9.43. The number of fused-ring (bicyclic) bond motifs is 1. The highest BCUT2D eigenvalue weighted by molar-refractivity contribution is 7.90. The second kappa shape index (κ2) is 8.56. The molecule has 0 radical (unpaired) electrons. The number of hydrogen-bond acceptors (Lipinski definition) is 7. The van der Waals surface area contributed by atoms with Crippen LogP contribution in [0.5, 0.6) is 5.75 Å². The van der Waals surface area contributed by atoms with Crippen LogP contribution >= 0.6 is 0 Å². The minimum absolute atomic E-state index is 0.165. The van der Waals surface area contributed by atoms with Gasteiger partial charge < -0.3 is 10.1 Å². The number of methoxy groups -OCH3 is 1. The molecule has 0 saturated heterocycles. The molecule has 0 spiro atoms. The summed E-state index contributed by atoms with van der Waals surface area (Å²) >= 11 is 0. The van der Waals surface area contributed by atoms with Crippen LogP contribution in [-0.2, 0) is 16.0 Å². The highest BCUT2D eigenvalue weighted by Crippen LogP contribution is 2.40. The lowest BCUT2D eigenvalue weighted by Gasteiger charge is -2.16. The number of alkyl halides is 3. The summed E-state index contributed by atoms with van der Waals surface area (Å²) in [5.74, 6) is 1.15. The van der Waals surface area contributed by atoms with Crippen molar-refractivity contribution in [1.29, 1.82) is 0 Å². The lowest BCUT2D eigenvalue weighted by Crippen LogP contribution is -2.12. The Morgan fingerprint density at radius 1 is 1.00 bits per heavy atom. The number of anilines is 1. The minimum Gasteiger partial charge on any atom is -0.494 e. The van der Waals surface area contributed by atoms with E-state index < -0.39 is 26.5 Å². The second-order valence-electron chi connectivity index (χ2n) is 7.44. The number of nitrogens with one attached hydrogen (secondary N) is 1. The summed E-state index contributed by atoms with van der Waals surface area (Å²) in [7, 11) is -0.993. The molecule has 176 valence electrons. The summed E-state index contributed by atoms with van der Waals surface area (Å²) < 4.78 is 70.3. The third kappa shape index (κ3) is 4.38. The van der Waals surface area contributed by atoms with Crippen LogP contribution in [0.1, 0.15) is 5.56 Å². The lowest BCUT2D eigenvalue weighted by molar-refractivity contribution is -0.139. The van der Waals surface area contributed by atoms with E-state index in [1.54, 1.807) is 43.7 Å². The molecule has 1 N–H and O–H groups in total. The van der Waals surface area contributed by atoms with Gasteiger partial charge in [-0.1, -0.05) is 6.07 Å². The molecular formula is C23H19F3N4O3S. The molecule has 4 aromatic rings. The maximum Gasteiger partial charge on any atom is 0.417 e. The molecule has 2 aromatic carbocycles. The molecule has 2 heterocycles. The van der Waals surface area contributed by atoms with Crippen LogP contribution in [0.3, 0.4) is 0 Å². The Kier molecular flexibility index (Phi) is 5.90. The first kappa shape index (κ1) is 23.4. The number of sulfone groups is 1. The largest absolute Gasteiger partial charge is 0.494 e. The van der Waals surface area contributed by atoms with Crippen molar-refractivity contribution in [3.05, 3.63) is 60.4 Å². The Morgan fingerprint density at radius 2 is 1.76 bits per heavy atom. The number of ether oxygens (including phenoxy) is 1. The molecule has 34 heavy (non-hydrogen) atoms. The van der Waals surface area contributed by atoms with Crippen LogP contribution in [0.25, 0.3) is 33.4 Å².